The van der Waals surface area contributed by atoms with E-state index in [4.69, 9.17) is 0 Å². The summed E-state index contributed by atoms with van der Waals surface area (Å²) in [6.07, 6.45) is 13.6. The van der Waals surface area contributed by atoms with Gasteiger partial charge in [0.15, 0.2) is 0 Å². The summed E-state index contributed by atoms with van der Waals surface area (Å²) in [5.41, 5.74) is 1.14. The molecule has 0 saturated heterocycles. The van der Waals surface area contributed by atoms with Gasteiger partial charge in [0.2, 0.25) is 5.91 Å². The van der Waals surface area contributed by atoms with E-state index in [1.165, 1.54) is 32.6 Å². The minimum Gasteiger partial charge on any atom is -0.391 e. The van der Waals surface area contributed by atoms with Gasteiger partial charge in [-0.1, -0.05) is 75.1 Å². The number of carbonyl (C=O) groups excluding carboxylic acids is 1. The van der Waals surface area contributed by atoms with Crippen molar-refractivity contribution < 1.29 is 9.90 Å². The Kier molecular flexibility index (Phi) is 11.7. The van der Waals surface area contributed by atoms with Crippen LogP contribution >= 0.6 is 0 Å². The van der Waals surface area contributed by atoms with Crippen molar-refractivity contribution in [2.75, 3.05) is 0 Å². The Morgan fingerprint density at radius 3 is 2.40 bits per heavy atom. The summed E-state index contributed by atoms with van der Waals surface area (Å²) in [6.45, 7) is 3.72. The number of amides is 1. The molecule has 1 aromatic carbocycles. The monoisotopic (exact) mass is 345 g/mol. The van der Waals surface area contributed by atoms with Gasteiger partial charge >= 0.3 is 0 Å². The maximum Gasteiger partial charge on any atom is 0.217 e. The lowest BCUT2D eigenvalue weighted by atomic mass is 9.97. The van der Waals surface area contributed by atoms with E-state index in [2.05, 4.69) is 24.4 Å². The Balaban J connectivity index is 2.29. The molecule has 0 unspecified atom stereocenters. The first-order valence-corrected chi connectivity index (χ1v) is 9.77. The van der Waals surface area contributed by atoms with Crippen molar-refractivity contribution >= 4 is 5.91 Å². The van der Waals surface area contributed by atoms with E-state index in [9.17, 15) is 9.90 Å². The van der Waals surface area contributed by atoms with E-state index in [0.717, 1.165) is 31.2 Å². The highest BCUT2D eigenvalue weighted by Crippen LogP contribution is 2.13. The Morgan fingerprint density at radius 2 is 1.76 bits per heavy atom. The molecule has 0 spiro atoms. The van der Waals surface area contributed by atoms with E-state index < -0.39 is 6.10 Å². The smallest absolute Gasteiger partial charge is 0.217 e. The fourth-order valence-corrected chi connectivity index (χ4v) is 2.96. The van der Waals surface area contributed by atoms with Crippen LogP contribution in [0.2, 0.25) is 0 Å². The number of hydrogen-bond donors (Lipinski definition) is 2. The first kappa shape index (κ1) is 21.4. The molecule has 3 nitrogen and oxygen atoms in total. The standard InChI is InChI=1S/C22H35NO2/c1-3-4-5-6-7-8-9-10-14-17-22(25)21(23-19(2)24)18-20-15-12-11-13-16-20/h6-7,11-13,15-16,21-22,25H,3-5,8-10,14,17-18H2,1-2H3,(H,23,24)/b7-6-/t21-,22+/m0/s1. The lowest BCUT2D eigenvalue weighted by Gasteiger charge is -2.24. The molecule has 25 heavy (non-hydrogen) atoms. The van der Waals surface area contributed by atoms with Crippen molar-refractivity contribution in [3.05, 3.63) is 48.0 Å². The Morgan fingerprint density at radius 1 is 1.08 bits per heavy atom. The van der Waals surface area contributed by atoms with E-state index in [1.807, 2.05) is 30.3 Å². The third-order valence-electron chi connectivity index (χ3n) is 4.41. The average Bonchev–Trinajstić information content (AvgIpc) is 2.60. The highest BCUT2D eigenvalue weighted by atomic mass is 16.3. The fraction of sp³-hybridized carbons (Fsp3) is 0.591. The van der Waals surface area contributed by atoms with Crippen LogP contribution in [0, 0.1) is 0 Å². The summed E-state index contributed by atoms with van der Waals surface area (Å²) in [6, 6.07) is 9.80. The average molecular weight is 346 g/mol. The van der Waals surface area contributed by atoms with Gasteiger partial charge in [0.05, 0.1) is 12.1 Å². The molecule has 0 radical (unpaired) electrons. The van der Waals surface area contributed by atoms with Gasteiger partial charge in [-0.05, 0) is 37.7 Å². The summed E-state index contributed by atoms with van der Waals surface area (Å²) < 4.78 is 0. The molecule has 1 aromatic rings. The van der Waals surface area contributed by atoms with Gasteiger partial charge in [-0.3, -0.25) is 4.79 Å². The third-order valence-corrected chi connectivity index (χ3v) is 4.41. The second-order valence-electron chi connectivity index (χ2n) is 6.82. The number of nitrogens with one attached hydrogen (secondary N) is 1. The van der Waals surface area contributed by atoms with Crippen molar-refractivity contribution in [2.24, 2.45) is 0 Å². The first-order valence-electron chi connectivity index (χ1n) is 9.77. The molecular formula is C22H35NO2. The molecule has 140 valence electrons. The molecule has 0 aliphatic carbocycles. The highest BCUT2D eigenvalue weighted by Gasteiger charge is 2.20. The molecule has 0 fully saturated rings. The number of rotatable bonds is 13. The molecule has 0 aliphatic rings. The van der Waals surface area contributed by atoms with Gasteiger partial charge in [0, 0.05) is 6.92 Å². The predicted molar refractivity (Wildman–Crippen MR) is 106 cm³/mol. The lowest BCUT2D eigenvalue weighted by Crippen LogP contribution is -2.43. The summed E-state index contributed by atoms with van der Waals surface area (Å²) in [5.74, 6) is -0.0859. The van der Waals surface area contributed by atoms with E-state index >= 15 is 0 Å². The van der Waals surface area contributed by atoms with Gasteiger partial charge < -0.3 is 10.4 Å². The molecule has 0 heterocycles. The van der Waals surface area contributed by atoms with Crippen LogP contribution < -0.4 is 5.32 Å². The van der Waals surface area contributed by atoms with Gasteiger partial charge in [0.25, 0.3) is 0 Å². The highest BCUT2D eigenvalue weighted by molar-refractivity contribution is 5.73. The zero-order valence-electron chi connectivity index (χ0n) is 15.9. The number of carbonyl (C=O) groups is 1. The molecule has 0 aromatic heterocycles. The molecule has 1 rings (SSSR count). The molecular weight excluding hydrogens is 310 g/mol. The molecule has 2 N–H and O–H groups in total. The van der Waals surface area contributed by atoms with Gasteiger partial charge in [-0.2, -0.15) is 0 Å². The van der Waals surface area contributed by atoms with Crippen molar-refractivity contribution in [3.8, 4) is 0 Å². The first-order chi connectivity index (χ1) is 12.1. The zero-order valence-corrected chi connectivity index (χ0v) is 15.9. The van der Waals surface area contributed by atoms with Crippen molar-refractivity contribution in [2.45, 2.75) is 83.8 Å². The zero-order chi connectivity index (χ0) is 18.3. The van der Waals surface area contributed by atoms with Crippen molar-refractivity contribution in [1.29, 1.82) is 0 Å². The number of allylic oxidation sites excluding steroid dienone is 2. The van der Waals surface area contributed by atoms with Crippen molar-refractivity contribution in [1.82, 2.24) is 5.32 Å². The summed E-state index contributed by atoms with van der Waals surface area (Å²) in [5, 5.41) is 13.4. The van der Waals surface area contributed by atoms with Gasteiger partial charge in [-0.25, -0.2) is 0 Å². The van der Waals surface area contributed by atoms with Crippen LogP contribution in [0.4, 0.5) is 0 Å². The molecule has 1 amide bonds. The van der Waals surface area contributed by atoms with Crippen LogP contribution in [0.5, 0.6) is 0 Å². The summed E-state index contributed by atoms with van der Waals surface area (Å²) >= 11 is 0. The number of benzene rings is 1. The Bertz CT molecular complexity index is 484. The van der Waals surface area contributed by atoms with E-state index in [-0.39, 0.29) is 11.9 Å². The van der Waals surface area contributed by atoms with Crippen LogP contribution in [-0.4, -0.2) is 23.2 Å². The molecule has 2 atom stereocenters. The molecule has 3 heteroatoms. The molecule has 0 aliphatic heterocycles. The maximum atomic E-state index is 11.4. The Labute approximate surface area is 153 Å². The lowest BCUT2D eigenvalue weighted by molar-refractivity contribution is -0.120. The Hall–Kier alpha value is -1.61. The second kappa shape index (κ2) is 13.7. The number of hydrogen-bond acceptors (Lipinski definition) is 2. The topological polar surface area (TPSA) is 49.3 Å². The van der Waals surface area contributed by atoms with Crippen LogP contribution in [0.25, 0.3) is 0 Å². The predicted octanol–water partition coefficient (Wildman–Crippen LogP) is 4.79. The largest absolute Gasteiger partial charge is 0.391 e. The number of aliphatic hydroxyl groups excluding tert-OH is 1. The van der Waals surface area contributed by atoms with Gasteiger partial charge in [0.1, 0.15) is 0 Å². The minimum atomic E-state index is -0.496. The van der Waals surface area contributed by atoms with Crippen LogP contribution in [-0.2, 0) is 11.2 Å². The maximum absolute atomic E-state index is 11.4. The quantitative estimate of drug-likeness (QED) is 0.399. The van der Waals surface area contributed by atoms with Crippen LogP contribution in [0.3, 0.4) is 0 Å². The third kappa shape index (κ3) is 10.8. The minimum absolute atomic E-state index is 0.0859. The summed E-state index contributed by atoms with van der Waals surface area (Å²) in [7, 11) is 0. The summed E-state index contributed by atoms with van der Waals surface area (Å²) in [4.78, 5) is 11.4. The van der Waals surface area contributed by atoms with Crippen LogP contribution in [0.1, 0.15) is 70.8 Å². The fourth-order valence-electron chi connectivity index (χ4n) is 2.96. The normalized spacial score (nSPS) is 13.7. The number of aliphatic hydroxyl groups is 1. The van der Waals surface area contributed by atoms with E-state index in [0.29, 0.717) is 6.42 Å². The van der Waals surface area contributed by atoms with Gasteiger partial charge in [-0.15, -0.1) is 0 Å². The second-order valence-corrected chi connectivity index (χ2v) is 6.82. The SMILES string of the molecule is CCCC/C=C\CCCCC[C@@H](O)[C@H](Cc1ccccc1)NC(C)=O. The molecule has 0 saturated carbocycles. The van der Waals surface area contributed by atoms with E-state index in [1.54, 1.807) is 0 Å². The number of unbranched alkanes of at least 4 members (excludes halogenated alkanes) is 5. The van der Waals surface area contributed by atoms with Crippen LogP contribution in [0.15, 0.2) is 42.5 Å². The van der Waals surface area contributed by atoms with Crippen molar-refractivity contribution in [3.63, 3.8) is 0 Å². The molecule has 0 bridgehead atoms.